The van der Waals surface area contributed by atoms with Gasteiger partial charge in [-0.3, -0.25) is 4.84 Å². The zero-order chi connectivity index (χ0) is 19.4. The number of carbonyl (C=O) groups is 1. The molecule has 0 spiro atoms. The molecule has 8 nitrogen and oxygen atoms in total. The Morgan fingerprint density at radius 3 is 2.71 bits per heavy atom. The van der Waals surface area contributed by atoms with Crippen LogP contribution in [0.4, 0.5) is 4.79 Å². The van der Waals surface area contributed by atoms with E-state index in [1.807, 2.05) is 42.5 Å². The van der Waals surface area contributed by atoms with Crippen molar-refractivity contribution in [3.63, 3.8) is 0 Å². The number of aromatic nitrogens is 4. The molecule has 1 amide bonds. The van der Waals surface area contributed by atoms with Gasteiger partial charge in [-0.05, 0) is 34.2 Å². The van der Waals surface area contributed by atoms with Crippen molar-refractivity contribution in [3.8, 4) is 11.1 Å². The van der Waals surface area contributed by atoms with Crippen LogP contribution in [0, 0.1) is 0 Å². The summed E-state index contributed by atoms with van der Waals surface area (Å²) in [6, 6.07) is 13.8. The fraction of sp³-hybridized carbons (Fsp3) is 0.105. The van der Waals surface area contributed by atoms with E-state index in [0.717, 1.165) is 37.6 Å². The molecule has 5 rings (SSSR count). The zero-order valence-electron chi connectivity index (χ0n) is 14.9. The lowest BCUT2D eigenvalue weighted by atomic mass is 10.0. The standard InChI is InChI=1S/C19H13BrN6O2/c1-25(2)19(27)28-22-17-12-6-4-3-5-11(12)15-13-9-10(20)7-8-14(13)26-18(16(15)17)21-23-24-26/h3-9H,1-2H3/b22-17+. The summed E-state index contributed by atoms with van der Waals surface area (Å²) < 4.78 is 2.62. The first-order valence-corrected chi connectivity index (χ1v) is 9.25. The Labute approximate surface area is 167 Å². The second kappa shape index (κ2) is 6.10. The van der Waals surface area contributed by atoms with Gasteiger partial charge in [-0.2, -0.15) is 4.52 Å². The zero-order valence-corrected chi connectivity index (χ0v) is 16.5. The number of fused-ring (bicyclic) bond motifs is 8. The maximum absolute atomic E-state index is 11.9. The normalized spacial score (nSPS) is 13.8. The summed E-state index contributed by atoms with van der Waals surface area (Å²) >= 11 is 3.55. The summed E-state index contributed by atoms with van der Waals surface area (Å²) in [6.07, 6.45) is -0.558. The van der Waals surface area contributed by atoms with Crippen LogP contribution in [0.3, 0.4) is 0 Å². The first-order chi connectivity index (χ1) is 13.6. The number of halogens is 1. The number of hydrogen-bond acceptors (Lipinski definition) is 6. The Morgan fingerprint density at radius 2 is 1.93 bits per heavy atom. The summed E-state index contributed by atoms with van der Waals surface area (Å²) in [5.41, 5.74) is 5.52. The molecule has 0 saturated carbocycles. The highest BCUT2D eigenvalue weighted by atomic mass is 79.9. The molecule has 0 aliphatic heterocycles. The number of oxime groups is 1. The average Bonchev–Trinajstić information content (AvgIpc) is 3.29. The topological polar surface area (TPSA) is 85.0 Å². The lowest BCUT2D eigenvalue weighted by Gasteiger charge is -2.09. The van der Waals surface area contributed by atoms with E-state index in [2.05, 4.69) is 36.6 Å². The van der Waals surface area contributed by atoms with Gasteiger partial charge in [0.25, 0.3) is 0 Å². The van der Waals surface area contributed by atoms with Crippen LogP contribution in [0.5, 0.6) is 0 Å². The van der Waals surface area contributed by atoms with E-state index in [0.29, 0.717) is 11.4 Å². The number of rotatable bonds is 1. The van der Waals surface area contributed by atoms with Crippen molar-refractivity contribution in [2.75, 3.05) is 14.1 Å². The smallest absolute Gasteiger partial charge is 0.312 e. The monoisotopic (exact) mass is 436 g/mol. The minimum atomic E-state index is -0.558. The number of pyridine rings is 1. The van der Waals surface area contributed by atoms with E-state index in [-0.39, 0.29) is 0 Å². The maximum Gasteiger partial charge on any atom is 0.435 e. The third-order valence-corrected chi connectivity index (χ3v) is 5.16. The third-order valence-electron chi connectivity index (χ3n) is 4.67. The van der Waals surface area contributed by atoms with E-state index in [9.17, 15) is 4.79 Å². The van der Waals surface area contributed by atoms with Crippen molar-refractivity contribution in [2.45, 2.75) is 0 Å². The van der Waals surface area contributed by atoms with Gasteiger partial charge in [-0.25, -0.2) is 4.79 Å². The number of amides is 1. The van der Waals surface area contributed by atoms with Crippen LogP contribution < -0.4 is 0 Å². The van der Waals surface area contributed by atoms with Crippen LogP contribution in [0.1, 0.15) is 11.1 Å². The molecule has 0 N–H and O–H groups in total. The molecule has 4 aromatic rings. The molecule has 0 radical (unpaired) electrons. The van der Waals surface area contributed by atoms with Crippen molar-refractivity contribution in [1.29, 1.82) is 0 Å². The number of hydrogen-bond donors (Lipinski definition) is 0. The van der Waals surface area contributed by atoms with Gasteiger partial charge in [0.2, 0.25) is 0 Å². The molecule has 2 aromatic heterocycles. The second-order valence-corrected chi connectivity index (χ2v) is 7.48. The molecule has 0 saturated heterocycles. The maximum atomic E-state index is 11.9. The van der Waals surface area contributed by atoms with Crippen LogP contribution in [0.25, 0.3) is 27.7 Å². The Kier molecular flexibility index (Phi) is 3.66. The SMILES string of the molecule is CN(C)C(=O)O/N=C1\c2ccccc2-c2c1c1nnnn1c1ccc(Br)cc21. The lowest BCUT2D eigenvalue weighted by Crippen LogP contribution is -2.21. The summed E-state index contributed by atoms with van der Waals surface area (Å²) in [4.78, 5) is 18.4. The summed E-state index contributed by atoms with van der Waals surface area (Å²) in [5.74, 6) is 0. The number of benzene rings is 2. The predicted molar refractivity (Wildman–Crippen MR) is 107 cm³/mol. The van der Waals surface area contributed by atoms with Crippen LogP contribution in [0.15, 0.2) is 52.1 Å². The predicted octanol–water partition coefficient (Wildman–Crippen LogP) is 3.47. The highest BCUT2D eigenvalue weighted by Gasteiger charge is 2.32. The van der Waals surface area contributed by atoms with Gasteiger partial charge in [0, 0.05) is 35.1 Å². The molecule has 2 aromatic carbocycles. The van der Waals surface area contributed by atoms with Gasteiger partial charge < -0.3 is 4.90 Å². The van der Waals surface area contributed by atoms with Crippen LogP contribution >= 0.6 is 15.9 Å². The van der Waals surface area contributed by atoms with Crippen molar-refractivity contribution in [2.24, 2.45) is 5.16 Å². The van der Waals surface area contributed by atoms with E-state index in [1.165, 1.54) is 4.90 Å². The van der Waals surface area contributed by atoms with Crippen LogP contribution in [0.2, 0.25) is 0 Å². The number of tetrazole rings is 1. The van der Waals surface area contributed by atoms with E-state index < -0.39 is 6.09 Å². The Bertz CT molecular complexity index is 1310. The fourth-order valence-electron chi connectivity index (χ4n) is 3.45. The lowest BCUT2D eigenvalue weighted by molar-refractivity contribution is 0.122. The minimum Gasteiger partial charge on any atom is -0.312 e. The summed E-state index contributed by atoms with van der Waals surface area (Å²) in [7, 11) is 3.20. The Hall–Kier alpha value is -3.33. The fourth-order valence-corrected chi connectivity index (χ4v) is 3.81. The molecule has 28 heavy (non-hydrogen) atoms. The molecule has 0 atom stereocenters. The largest absolute Gasteiger partial charge is 0.435 e. The van der Waals surface area contributed by atoms with Crippen molar-refractivity contribution >= 4 is 44.3 Å². The highest BCUT2D eigenvalue weighted by Crippen LogP contribution is 2.43. The van der Waals surface area contributed by atoms with Crippen LogP contribution in [-0.2, 0) is 4.84 Å². The van der Waals surface area contributed by atoms with Gasteiger partial charge in [-0.15, -0.1) is 5.10 Å². The third kappa shape index (κ3) is 2.32. The molecule has 0 fully saturated rings. The summed E-state index contributed by atoms with van der Waals surface area (Å²) in [5, 5.41) is 17.4. The van der Waals surface area contributed by atoms with Crippen molar-refractivity contribution in [1.82, 2.24) is 24.9 Å². The molecule has 1 aliphatic rings. The quantitative estimate of drug-likeness (QED) is 0.296. The van der Waals surface area contributed by atoms with Gasteiger partial charge >= 0.3 is 6.09 Å². The van der Waals surface area contributed by atoms with E-state index in [4.69, 9.17) is 4.84 Å². The number of carbonyl (C=O) groups excluding carboxylic acids is 1. The van der Waals surface area contributed by atoms with Crippen molar-refractivity contribution in [3.05, 3.63) is 58.1 Å². The molecule has 2 heterocycles. The summed E-state index contributed by atoms with van der Waals surface area (Å²) in [6.45, 7) is 0. The minimum absolute atomic E-state index is 0.530. The molecule has 0 bridgehead atoms. The Balaban J connectivity index is 1.89. The van der Waals surface area contributed by atoms with Gasteiger partial charge in [0.15, 0.2) is 5.65 Å². The van der Waals surface area contributed by atoms with Gasteiger partial charge in [0.05, 0.1) is 11.1 Å². The Morgan fingerprint density at radius 1 is 1.14 bits per heavy atom. The van der Waals surface area contributed by atoms with Crippen molar-refractivity contribution < 1.29 is 9.63 Å². The van der Waals surface area contributed by atoms with Crippen LogP contribution in [-0.4, -0.2) is 50.8 Å². The molecule has 1 aliphatic carbocycles. The van der Waals surface area contributed by atoms with E-state index in [1.54, 1.807) is 18.6 Å². The average molecular weight is 437 g/mol. The molecular weight excluding hydrogens is 424 g/mol. The van der Waals surface area contributed by atoms with Gasteiger partial charge in [0.1, 0.15) is 5.71 Å². The molecule has 138 valence electrons. The molecule has 9 heteroatoms. The second-order valence-electron chi connectivity index (χ2n) is 6.56. The first-order valence-electron chi connectivity index (χ1n) is 8.46. The number of nitrogens with zero attached hydrogens (tertiary/aromatic N) is 6. The van der Waals surface area contributed by atoms with Gasteiger partial charge in [-0.1, -0.05) is 45.4 Å². The first kappa shape index (κ1) is 16.8. The van der Waals surface area contributed by atoms with E-state index >= 15 is 0 Å². The highest BCUT2D eigenvalue weighted by molar-refractivity contribution is 9.10. The molecular formula is C19H13BrN6O2. The molecule has 0 unspecified atom stereocenters.